The van der Waals surface area contributed by atoms with Gasteiger partial charge in [-0.05, 0) is 124 Å². The molecule has 0 aliphatic rings. The first-order chi connectivity index (χ1) is 50.9. The fourth-order valence-electron chi connectivity index (χ4n) is 10.6. The van der Waals surface area contributed by atoms with Gasteiger partial charge in [0.05, 0.1) is 19.2 Å². The van der Waals surface area contributed by atoms with Crippen LogP contribution in [0, 0.1) is 23.2 Å². The van der Waals surface area contributed by atoms with Crippen LogP contribution in [0.4, 0.5) is 0 Å². The first kappa shape index (κ1) is 93.9. The molecular weight excluding hydrogens is 1430 g/mol. The van der Waals surface area contributed by atoms with Gasteiger partial charge in [-0.15, -0.1) is 0 Å². The Kier molecular flexibility index (Phi) is 43.1. The zero-order valence-corrected chi connectivity index (χ0v) is 63.2. The monoisotopic (exact) mass is 1540 g/mol. The van der Waals surface area contributed by atoms with E-state index in [2.05, 4.69) is 69.1 Å². The molecule has 2 rings (SSSR count). The van der Waals surface area contributed by atoms with Crippen molar-refractivity contribution in [3.05, 3.63) is 65.7 Å². The number of thioether (sulfide) groups is 1. The van der Waals surface area contributed by atoms with E-state index in [0.29, 0.717) is 29.7 Å². The van der Waals surface area contributed by atoms with Crippen molar-refractivity contribution in [2.45, 2.75) is 211 Å². The first-order valence-corrected chi connectivity index (χ1v) is 37.1. The highest BCUT2D eigenvalue weighted by atomic mass is 32.2. The van der Waals surface area contributed by atoms with Crippen molar-refractivity contribution in [1.29, 1.82) is 5.41 Å². The summed E-state index contributed by atoms with van der Waals surface area (Å²) in [4.78, 5) is 203. The van der Waals surface area contributed by atoms with E-state index in [4.69, 9.17) is 28.3 Å². The van der Waals surface area contributed by atoms with Crippen LogP contribution < -0.4 is 92.1 Å². The van der Waals surface area contributed by atoms with Crippen LogP contribution in [0.3, 0.4) is 0 Å². The lowest BCUT2D eigenvalue weighted by Gasteiger charge is -2.30. The highest BCUT2D eigenvalue weighted by Crippen LogP contribution is 2.16. The Hall–Kier alpha value is -10.2. The summed E-state index contributed by atoms with van der Waals surface area (Å²) in [5.41, 5.74) is 23.9. The molecule has 13 atom stereocenters. The number of carbonyl (C=O) groups is 15. The lowest BCUT2D eigenvalue weighted by molar-refractivity contribution is -0.143. The second-order valence-corrected chi connectivity index (χ2v) is 27.9. The van der Waals surface area contributed by atoms with E-state index in [1.165, 1.54) is 43.0 Å². The Bertz CT molecular complexity index is 3340. The van der Waals surface area contributed by atoms with E-state index in [-0.39, 0.29) is 76.1 Å². The van der Waals surface area contributed by atoms with Gasteiger partial charge in [-0.2, -0.15) is 11.8 Å². The normalized spacial score (nSPS) is 14.7. The summed E-state index contributed by atoms with van der Waals surface area (Å²) < 4.78 is 0. The number of carboxylic acids is 2. The summed E-state index contributed by atoms with van der Waals surface area (Å²) in [5.74, 6) is -16.5. The molecule has 26 N–H and O–H groups in total. The number of nitrogens with one attached hydrogen (secondary N) is 14. The summed E-state index contributed by atoms with van der Waals surface area (Å²) in [5, 5.41) is 79.7. The molecule has 0 saturated carbocycles. The standard InChI is InChI=1S/C70H112N18O19S/c1-9-39(6)57(88-67(104)56(38(4)5)87-64(101)46(19-15-30-76-70(74)75)81-66(103)52(36-89)79-54(92)35-77-60(97)50(33-42-20-22-43(90)23-21-42)85-59(96)44(72)28-31-108-8)68(105)83-47(24-26-53(73)91)62(99)80-45(18-13-14-29-71)61(98)78-40(7)58(95)84-49(32-37(2)3)65(102)82-48(25-27-55(93)94)63(100)86-51(69(106)107)34-41-16-11-10-12-17-41/h10-12,16-17,20-23,37-40,44-52,56-57,89-90H,9,13-15,18-19,24-36,71-72H2,1-8H3,(H2,73,91)(H,77,97)(H,78,98)(H,79,92)(H,80,99)(H,81,103)(H,82,102)(H,83,105)(H,84,95)(H,85,96)(H,86,100)(H,87,101)(H,88,104)(H,93,94)(H,106,107)(H4,74,75,76)/t39-,40-,44-,45-,46-,47-,48-,49-,50-,51-,52-,56-,57-/m0/s1. The zero-order chi connectivity index (χ0) is 81.3. The van der Waals surface area contributed by atoms with Gasteiger partial charge in [0, 0.05) is 32.2 Å². The van der Waals surface area contributed by atoms with Crippen LogP contribution in [0.25, 0.3) is 0 Å². The Balaban J connectivity index is 2.39. The minimum atomic E-state index is -1.74. The minimum Gasteiger partial charge on any atom is -0.508 e. The van der Waals surface area contributed by atoms with Crippen LogP contribution in [0.1, 0.15) is 137 Å². The molecule has 38 heteroatoms. The molecule has 0 radical (unpaired) electrons. The quantitative estimate of drug-likeness (QED) is 0.0171. The largest absolute Gasteiger partial charge is 0.508 e. The van der Waals surface area contributed by atoms with Crippen LogP contribution in [0.15, 0.2) is 54.6 Å². The van der Waals surface area contributed by atoms with E-state index in [1.54, 1.807) is 71.9 Å². The predicted molar refractivity (Wildman–Crippen MR) is 399 cm³/mol. The van der Waals surface area contributed by atoms with Gasteiger partial charge in [0.2, 0.25) is 76.8 Å². The maximum atomic E-state index is 14.5. The number of unbranched alkanes of at least 4 members (excludes halogenated alkanes) is 1. The van der Waals surface area contributed by atoms with Gasteiger partial charge in [-0.25, -0.2) is 4.79 Å². The van der Waals surface area contributed by atoms with E-state index >= 15 is 0 Å². The molecule has 0 heterocycles. The average molecular weight is 1540 g/mol. The number of rotatable bonds is 52. The molecule has 2 aromatic rings. The van der Waals surface area contributed by atoms with Gasteiger partial charge < -0.3 is 112 Å². The number of aliphatic carboxylic acids is 2. The highest BCUT2D eigenvalue weighted by Gasteiger charge is 2.38. The van der Waals surface area contributed by atoms with Crippen molar-refractivity contribution in [3.8, 4) is 5.75 Å². The van der Waals surface area contributed by atoms with Crippen LogP contribution in [-0.4, -0.2) is 226 Å². The molecule has 13 amide bonds. The molecule has 0 fully saturated rings. The number of aliphatic hydroxyl groups is 1. The number of phenolic OH excluding ortho intramolecular Hbond substituents is 1. The van der Waals surface area contributed by atoms with Crippen LogP contribution >= 0.6 is 11.8 Å². The fourth-order valence-corrected chi connectivity index (χ4v) is 11.1. The van der Waals surface area contributed by atoms with E-state index in [9.17, 15) is 92.3 Å². The number of benzene rings is 2. The summed E-state index contributed by atoms with van der Waals surface area (Å²) >= 11 is 1.46. The summed E-state index contributed by atoms with van der Waals surface area (Å²) in [6, 6.07) is -3.30. The average Bonchev–Trinajstić information content (AvgIpc) is 0.853. The van der Waals surface area contributed by atoms with Gasteiger partial charge in [-0.3, -0.25) is 72.5 Å². The number of carboxylic acid groups (broad SMARTS) is 2. The van der Waals surface area contributed by atoms with E-state index in [1.807, 2.05) is 6.26 Å². The number of aromatic hydroxyl groups is 1. The number of hydrogen-bond acceptors (Lipinski definition) is 21. The third-order valence-electron chi connectivity index (χ3n) is 17.1. The maximum absolute atomic E-state index is 14.5. The molecule has 108 heavy (non-hydrogen) atoms. The number of nitrogens with two attached hydrogens (primary N) is 4. The number of primary amides is 1. The van der Waals surface area contributed by atoms with Crippen molar-refractivity contribution >= 4 is 106 Å². The summed E-state index contributed by atoms with van der Waals surface area (Å²) in [6.07, 6.45) is 0.410. The Morgan fingerprint density at radius 2 is 0.981 bits per heavy atom. The molecular formula is C70H112N18O19S. The van der Waals surface area contributed by atoms with E-state index < -0.39 is 218 Å². The molecule has 0 unspecified atom stereocenters. The van der Waals surface area contributed by atoms with Gasteiger partial charge in [-0.1, -0.05) is 90.4 Å². The highest BCUT2D eigenvalue weighted by molar-refractivity contribution is 7.98. The van der Waals surface area contributed by atoms with Gasteiger partial charge >= 0.3 is 11.9 Å². The number of phenols is 1. The summed E-state index contributed by atoms with van der Waals surface area (Å²) in [7, 11) is 0. The molecule has 37 nitrogen and oxygen atoms in total. The lowest BCUT2D eigenvalue weighted by atomic mass is 9.95. The number of hydrogen-bond donors (Lipinski definition) is 22. The number of guanidine groups is 1. The van der Waals surface area contributed by atoms with Gasteiger partial charge in [0.15, 0.2) is 5.96 Å². The number of amides is 13. The van der Waals surface area contributed by atoms with Crippen LogP contribution in [0.5, 0.6) is 5.75 Å². The Labute approximate surface area is 632 Å². The second-order valence-electron chi connectivity index (χ2n) is 26.9. The SMILES string of the molecule is CC[C@H](C)[C@H](NC(=O)[C@@H](NC(=O)[C@H](CCCNC(=N)N)NC(=O)[C@H](CO)NC(=O)CNC(=O)[C@H](Cc1ccc(O)cc1)NC(=O)[C@@H](N)CCSC)C(C)C)C(=O)N[C@@H](CCC(N)=O)C(=O)N[C@@H](CCCCN)C(=O)N[C@@H](C)C(=O)N[C@@H](CC(C)C)C(=O)N[C@@H](CCC(=O)O)C(=O)N[C@@H](Cc1ccccc1)C(=O)O. The van der Waals surface area contributed by atoms with E-state index in [0.717, 1.165) is 0 Å². The summed E-state index contributed by atoms with van der Waals surface area (Å²) in [6.45, 7) is 9.47. The maximum Gasteiger partial charge on any atom is 0.326 e. The molecule has 0 saturated heterocycles. The van der Waals surface area contributed by atoms with Crippen molar-refractivity contribution < 1.29 is 92.3 Å². The molecule has 0 spiro atoms. The van der Waals surface area contributed by atoms with Gasteiger partial charge in [0.25, 0.3) is 0 Å². The second kappa shape index (κ2) is 49.6. The number of carbonyl (C=O) groups excluding carboxylic acids is 13. The molecule has 0 bridgehead atoms. The Morgan fingerprint density at radius 3 is 1.51 bits per heavy atom. The van der Waals surface area contributed by atoms with Crippen molar-refractivity contribution in [1.82, 2.24) is 69.1 Å². The topological polar surface area (TPSA) is 621 Å². The molecule has 0 aliphatic carbocycles. The zero-order valence-electron chi connectivity index (χ0n) is 62.4. The van der Waals surface area contributed by atoms with Crippen molar-refractivity contribution in [3.63, 3.8) is 0 Å². The third-order valence-corrected chi connectivity index (χ3v) is 17.7. The number of aliphatic hydroxyl groups excluding tert-OH is 1. The molecule has 602 valence electrons. The first-order valence-electron chi connectivity index (χ1n) is 35.7. The predicted octanol–water partition coefficient (Wildman–Crippen LogP) is -3.93. The van der Waals surface area contributed by atoms with Crippen LogP contribution in [-0.2, 0) is 84.8 Å². The molecule has 0 aromatic heterocycles. The van der Waals surface area contributed by atoms with Crippen molar-refractivity contribution in [2.24, 2.45) is 40.7 Å². The van der Waals surface area contributed by atoms with Crippen LogP contribution in [0.2, 0.25) is 0 Å². The van der Waals surface area contributed by atoms with Crippen molar-refractivity contribution in [2.75, 3.05) is 38.2 Å². The Morgan fingerprint density at radius 1 is 0.500 bits per heavy atom. The fraction of sp³-hybridized carbons (Fsp3) is 0.600. The molecule has 2 aromatic carbocycles. The lowest BCUT2D eigenvalue weighted by Crippen LogP contribution is -2.62. The third kappa shape index (κ3) is 35.9. The van der Waals surface area contributed by atoms with Gasteiger partial charge in [0.1, 0.15) is 72.2 Å². The smallest absolute Gasteiger partial charge is 0.326 e. The molecule has 0 aliphatic heterocycles. The minimum absolute atomic E-state index is 0.0133.